The summed E-state index contributed by atoms with van der Waals surface area (Å²) in [5.74, 6) is 2.30. The van der Waals surface area contributed by atoms with Crippen LogP contribution in [0.2, 0.25) is 0 Å². The van der Waals surface area contributed by atoms with Crippen molar-refractivity contribution in [1.29, 1.82) is 0 Å². The molecule has 0 radical (unpaired) electrons. The second kappa shape index (κ2) is 9.71. The molecule has 1 aromatic heterocycles. The molecular formula is C20H19BrN2O3S. The van der Waals surface area contributed by atoms with Crippen LogP contribution in [0.3, 0.4) is 0 Å². The van der Waals surface area contributed by atoms with E-state index in [1.54, 1.807) is 7.11 Å². The Labute approximate surface area is 170 Å². The van der Waals surface area contributed by atoms with Gasteiger partial charge in [0.15, 0.2) is 5.78 Å². The summed E-state index contributed by atoms with van der Waals surface area (Å²) < 4.78 is 11.8. The zero-order valence-corrected chi connectivity index (χ0v) is 17.3. The maximum atomic E-state index is 12.1. The molecule has 2 aromatic carbocycles. The van der Waals surface area contributed by atoms with Gasteiger partial charge in [0.1, 0.15) is 5.75 Å². The van der Waals surface area contributed by atoms with Crippen LogP contribution in [0.1, 0.15) is 34.7 Å². The summed E-state index contributed by atoms with van der Waals surface area (Å²) in [6, 6.07) is 15.2. The number of thioether (sulfide) groups is 1. The molecule has 3 aromatic rings. The zero-order valence-electron chi connectivity index (χ0n) is 14.9. The molecule has 0 aliphatic heterocycles. The van der Waals surface area contributed by atoms with E-state index >= 15 is 0 Å². The molecule has 0 saturated heterocycles. The molecule has 27 heavy (non-hydrogen) atoms. The Morgan fingerprint density at radius 3 is 2.56 bits per heavy atom. The Morgan fingerprint density at radius 2 is 1.85 bits per heavy atom. The number of ether oxygens (including phenoxy) is 1. The van der Waals surface area contributed by atoms with Crippen LogP contribution in [-0.2, 0) is 6.42 Å². The van der Waals surface area contributed by atoms with Gasteiger partial charge in [-0.05, 0) is 36.2 Å². The van der Waals surface area contributed by atoms with Gasteiger partial charge in [0.25, 0.3) is 5.22 Å². The number of carbonyl (C=O) groups is 1. The minimum Gasteiger partial charge on any atom is -0.497 e. The smallest absolute Gasteiger partial charge is 0.276 e. The van der Waals surface area contributed by atoms with Gasteiger partial charge in [0.05, 0.1) is 13.5 Å². The van der Waals surface area contributed by atoms with E-state index in [1.807, 2.05) is 48.5 Å². The SMILES string of the molecule is COc1ccc(Cc2nnc(SCCCC(=O)c3ccc(Br)cc3)o2)cc1. The van der Waals surface area contributed by atoms with Crippen molar-refractivity contribution in [2.24, 2.45) is 0 Å². The van der Waals surface area contributed by atoms with E-state index in [1.165, 1.54) is 11.8 Å². The topological polar surface area (TPSA) is 65.2 Å². The van der Waals surface area contributed by atoms with Crippen LogP contribution in [-0.4, -0.2) is 28.8 Å². The monoisotopic (exact) mass is 446 g/mol. The van der Waals surface area contributed by atoms with E-state index in [9.17, 15) is 4.79 Å². The van der Waals surface area contributed by atoms with Gasteiger partial charge in [0.2, 0.25) is 5.89 Å². The van der Waals surface area contributed by atoms with E-state index in [2.05, 4.69) is 26.1 Å². The van der Waals surface area contributed by atoms with Crippen molar-refractivity contribution in [3.05, 3.63) is 70.0 Å². The molecule has 0 aliphatic rings. The molecule has 0 spiro atoms. The lowest BCUT2D eigenvalue weighted by molar-refractivity contribution is 0.0982. The molecule has 5 nitrogen and oxygen atoms in total. The number of nitrogens with zero attached hydrogens (tertiary/aromatic N) is 2. The van der Waals surface area contributed by atoms with Crippen LogP contribution in [0.15, 0.2) is 62.6 Å². The first kappa shape index (κ1) is 19.6. The van der Waals surface area contributed by atoms with Crippen LogP contribution in [0.5, 0.6) is 5.75 Å². The molecular weight excluding hydrogens is 428 g/mol. The minimum absolute atomic E-state index is 0.147. The van der Waals surface area contributed by atoms with Crippen molar-refractivity contribution >= 4 is 33.5 Å². The summed E-state index contributed by atoms with van der Waals surface area (Å²) in [6.07, 6.45) is 1.84. The van der Waals surface area contributed by atoms with Crippen molar-refractivity contribution in [1.82, 2.24) is 10.2 Å². The normalized spacial score (nSPS) is 10.7. The summed E-state index contributed by atoms with van der Waals surface area (Å²) in [5.41, 5.74) is 1.82. The van der Waals surface area contributed by atoms with Gasteiger partial charge in [-0.15, -0.1) is 10.2 Å². The summed E-state index contributed by atoms with van der Waals surface area (Å²) in [6.45, 7) is 0. The highest BCUT2D eigenvalue weighted by atomic mass is 79.9. The molecule has 3 rings (SSSR count). The van der Waals surface area contributed by atoms with E-state index in [4.69, 9.17) is 9.15 Å². The highest BCUT2D eigenvalue weighted by Gasteiger charge is 2.09. The van der Waals surface area contributed by atoms with Gasteiger partial charge >= 0.3 is 0 Å². The third-order valence-corrected chi connectivity index (χ3v) is 5.34. The number of halogens is 1. The average Bonchev–Trinajstić information content (AvgIpc) is 3.13. The fourth-order valence-electron chi connectivity index (χ4n) is 2.46. The van der Waals surface area contributed by atoms with Crippen LogP contribution < -0.4 is 4.74 Å². The van der Waals surface area contributed by atoms with E-state index < -0.39 is 0 Å². The lowest BCUT2D eigenvalue weighted by Crippen LogP contribution is -1.99. The van der Waals surface area contributed by atoms with E-state index in [0.717, 1.165) is 33.5 Å². The summed E-state index contributed by atoms with van der Waals surface area (Å²) in [7, 11) is 1.64. The molecule has 7 heteroatoms. The summed E-state index contributed by atoms with van der Waals surface area (Å²) >= 11 is 4.85. The average molecular weight is 447 g/mol. The quantitative estimate of drug-likeness (QED) is 0.256. The summed E-state index contributed by atoms with van der Waals surface area (Å²) in [4.78, 5) is 12.1. The highest BCUT2D eigenvalue weighted by Crippen LogP contribution is 2.21. The fourth-order valence-corrected chi connectivity index (χ4v) is 3.44. The van der Waals surface area contributed by atoms with E-state index in [-0.39, 0.29) is 5.78 Å². The first-order valence-corrected chi connectivity index (χ1v) is 10.3. The van der Waals surface area contributed by atoms with Crippen LogP contribution in [0, 0.1) is 0 Å². The van der Waals surface area contributed by atoms with Crippen LogP contribution >= 0.6 is 27.7 Å². The summed E-state index contributed by atoms with van der Waals surface area (Å²) in [5, 5.41) is 8.68. The number of ketones is 1. The largest absolute Gasteiger partial charge is 0.497 e. The third-order valence-electron chi connectivity index (χ3n) is 3.90. The van der Waals surface area contributed by atoms with Gasteiger partial charge in [-0.1, -0.05) is 52.0 Å². The molecule has 0 aliphatic carbocycles. The number of carbonyl (C=O) groups excluding carboxylic acids is 1. The van der Waals surface area contributed by atoms with Crippen LogP contribution in [0.25, 0.3) is 0 Å². The Balaban J connectivity index is 1.42. The maximum Gasteiger partial charge on any atom is 0.276 e. The number of rotatable bonds is 9. The standard InChI is InChI=1S/C20H19BrN2O3S/c1-25-17-10-4-14(5-11-17)13-19-22-23-20(26-19)27-12-2-3-18(24)15-6-8-16(21)9-7-15/h4-11H,2-3,12-13H2,1H3. The van der Waals surface area contributed by atoms with Crippen molar-refractivity contribution in [3.63, 3.8) is 0 Å². The number of aromatic nitrogens is 2. The molecule has 0 saturated carbocycles. The molecule has 0 amide bonds. The second-order valence-electron chi connectivity index (χ2n) is 5.87. The van der Waals surface area contributed by atoms with Gasteiger partial charge in [-0.2, -0.15) is 0 Å². The van der Waals surface area contributed by atoms with Crippen molar-refractivity contribution in [3.8, 4) is 5.75 Å². The van der Waals surface area contributed by atoms with Crippen molar-refractivity contribution in [2.75, 3.05) is 12.9 Å². The third kappa shape index (κ3) is 5.94. The number of hydrogen-bond acceptors (Lipinski definition) is 6. The van der Waals surface area contributed by atoms with Crippen molar-refractivity contribution in [2.45, 2.75) is 24.5 Å². The molecule has 140 valence electrons. The predicted octanol–water partition coefficient (Wildman–Crippen LogP) is 5.19. The number of benzene rings is 2. The lowest BCUT2D eigenvalue weighted by Gasteiger charge is -2.01. The minimum atomic E-state index is 0.147. The Bertz CT molecular complexity index is 879. The van der Waals surface area contributed by atoms with Crippen LogP contribution in [0.4, 0.5) is 0 Å². The van der Waals surface area contributed by atoms with Gasteiger partial charge in [0, 0.05) is 22.2 Å². The first-order chi connectivity index (χ1) is 13.1. The lowest BCUT2D eigenvalue weighted by atomic mass is 10.1. The zero-order chi connectivity index (χ0) is 19.1. The number of Topliss-reactive ketones (excluding diaryl/α,β-unsaturated/α-hetero) is 1. The number of methoxy groups -OCH3 is 1. The Hall–Kier alpha value is -2.12. The molecule has 0 N–H and O–H groups in total. The van der Waals surface area contributed by atoms with E-state index in [0.29, 0.717) is 24.0 Å². The fraction of sp³-hybridized carbons (Fsp3) is 0.250. The maximum absolute atomic E-state index is 12.1. The van der Waals surface area contributed by atoms with Gasteiger partial charge in [-0.3, -0.25) is 4.79 Å². The Kier molecular flexibility index (Phi) is 7.06. The second-order valence-corrected chi connectivity index (χ2v) is 7.83. The molecule has 0 fully saturated rings. The molecule has 0 bridgehead atoms. The van der Waals surface area contributed by atoms with Gasteiger partial charge < -0.3 is 9.15 Å². The highest BCUT2D eigenvalue weighted by molar-refractivity contribution is 9.10. The molecule has 1 heterocycles. The molecule has 0 unspecified atom stereocenters. The molecule has 0 atom stereocenters. The van der Waals surface area contributed by atoms with Gasteiger partial charge in [-0.25, -0.2) is 0 Å². The first-order valence-electron chi connectivity index (χ1n) is 8.51. The van der Waals surface area contributed by atoms with Crippen molar-refractivity contribution < 1.29 is 13.9 Å². The number of hydrogen-bond donors (Lipinski definition) is 0. The Morgan fingerprint density at radius 1 is 1.11 bits per heavy atom. The predicted molar refractivity (Wildman–Crippen MR) is 109 cm³/mol.